The number of hydrogen-bond donors (Lipinski definition) is 4. The number of aromatic nitrogens is 2. The molecule has 0 saturated heterocycles. The highest BCUT2D eigenvalue weighted by Crippen LogP contribution is 2.31. The van der Waals surface area contributed by atoms with E-state index in [9.17, 15) is 9.59 Å². The second kappa shape index (κ2) is 11.1. The number of hydrogen-bond acceptors (Lipinski definition) is 6. The van der Waals surface area contributed by atoms with E-state index in [2.05, 4.69) is 10.4 Å². The van der Waals surface area contributed by atoms with Gasteiger partial charge in [-0.3, -0.25) is 10.2 Å². The summed E-state index contributed by atoms with van der Waals surface area (Å²) in [7, 11) is 0. The van der Waals surface area contributed by atoms with Crippen LogP contribution in [-0.2, 0) is 20.9 Å². The molecule has 1 aromatic heterocycles. The Balaban J connectivity index is 1.79. The number of carboxylic acids is 1. The van der Waals surface area contributed by atoms with Gasteiger partial charge in [-0.05, 0) is 37.1 Å². The number of amides is 1. The molecule has 0 bridgehead atoms. The van der Waals surface area contributed by atoms with Gasteiger partial charge in [0.15, 0.2) is 6.61 Å². The Kier molecular flexibility index (Phi) is 7.99. The van der Waals surface area contributed by atoms with E-state index in [0.29, 0.717) is 22.6 Å². The molecule has 10 heteroatoms. The molecule has 0 saturated carbocycles. The first-order valence-corrected chi connectivity index (χ1v) is 10.6. The number of nitrogen functional groups attached to an aromatic ring is 1. The molecule has 0 aliphatic rings. The second-order valence-corrected chi connectivity index (χ2v) is 7.46. The Labute approximate surface area is 196 Å². The lowest BCUT2D eigenvalue weighted by atomic mass is 10.1. The van der Waals surface area contributed by atoms with Crippen LogP contribution in [0, 0.1) is 12.3 Å². The van der Waals surface area contributed by atoms with Gasteiger partial charge in [0, 0.05) is 30.5 Å². The highest BCUT2D eigenvalue weighted by Gasteiger charge is 2.24. The number of aliphatic carboxylic acids is 1. The Hall–Kier alpha value is -4.18. The van der Waals surface area contributed by atoms with Gasteiger partial charge >= 0.3 is 5.97 Å². The van der Waals surface area contributed by atoms with Crippen molar-refractivity contribution >= 4 is 17.7 Å². The van der Waals surface area contributed by atoms with Gasteiger partial charge < -0.3 is 25.6 Å². The van der Waals surface area contributed by atoms with Gasteiger partial charge in [0.05, 0.1) is 5.69 Å². The van der Waals surface area contributed by atoms with E-state index in [1.807, 2.05) is 6.92 Å². The summed E-state index contributed by atoms with van der Waals surface area (Å²) in [4.78, 5) is 23.9. The SMILES string of the molecule is CCOC(C(=O)NCc1ccc(C(=N)N)cc1)n1cc(C)c(-c2ccccc2OCC(=O)O)n1. The van der Waals surface area contributed by atoms with Crippen molar-refractivity contribution in [2.75, 3.05) is 13.2 Å². The van der Waals surface area contributed by atoms with Crippen LogP contribution in [0.15, 0.2) is 54.7 Å². The average molecular weight is 466 g/mol. The van der Waals surface area contributed by atoms with Gasteiger partial charge in [-0.15, -0.1) is 0 Å². The number of rotatable bonds is 11. The summed E-state index contributed by atoms with van der Waals surface area (Å²) >= 11 is 0. The molecule has 5 N–H and O–H groups in total. The monoisotopic (exact) mass is 465 g/mol. The van der Waals surface area contributed by atoms with E-state index >= 15 is 0 Å². The standard InChI is InChI=1S/C24H27N5O5/c1-3-33-24(23(32)27-12-16-8-10-17(11-9-16)22(25)26)29-13-15(2)21(28-29)18-6-4-5-7-19(18)34-14-20(30)31/h4-11,13,24H,3,12,14H2,1-2H3,(H3,25,26)(H,27,32)(H,30,31). The molecule has 2 aromatic carbocycles. The first kappa shape index (κ1) is 24.5. The fraction of sp³-hybridized carbons (Fsp3) is 0.250. The number of carboxylic acid groups (broad SMARTS) is 1. The number of ether oxygens (including phenoxy) is 2. The van der Waals surface area contributed by atoms with Crippen molar-refractivity contribution in [3.63, 3.8) is 0 Å². The number of para-hydroxylation sites is 1. The van der Waals surface area contributed by atoms with Crippen LogP contribution >= 0.6 is 0 Å². The lowest BCUT2D eigenvalue weighted by molar-refractivity contribution is -0.140. The van der Waals surface area contributed by atoms with Gasteiger partial charge in [-0.25, -0.2) is 9.48 Å². The van der Waals surface area contributed by atoms with E-state index in [1.54, 1.807) is 61.7 Å². The fourth-order valence-electron chi connectivity index (χ4n) is 3.31. The maximum Gasteiger partial charge on any atom is 0.341 e. The molecule has 1 atom stereocenters. The summed E-state index contributed by atoms with van der Waals surface area (Å²) < 4.78 is 12.5. The van der Waals surface area contributed by atoms with Crippen LogP contribution in [0.1, 0.15) is 29.8 Å². The summed E-state index contributed by atoms with van der Waals surface area (Å²) in [6, 6.07) is 14.0. The van der Waals surface area contributed by atoms with Crippen molar-refractivity contribution in [1.29, 1.82) is 5.41 Å². The summed E-state index contributed by atoms with van der Waals surface area (Å²) in [6.45, 7) is 3.70. The minimum atomic E-state index is -1.08. The quantitative estimate of drug-likeness (QED) is 0.251. The van der Waals surface area contributed by atoms with Crippen LogP contribution < -0.4 is 15.8 Å². The van der Waals surface area contributed by atoms with Crippen molar-refractivity contribution < 1.29 is 24.2 Å². The van der Waals surface area contributed by atoms with Crippen LogP contribution in [0.4, 0.5) is 0 Å². The number of aryl methyl sites for hydroxylation is 1. The number of nitrogens with two attached hydrogens (primary N) is 1. The molecule has 0 radical (unpaired) electrons. The molecule has 0 fully saturated rings. The molecule has 34 heavy (non-hydrogen) atoms. The Morgan fingerprint density at radius 3 is 2.56 bits per heavy atom. The molecule has 1 unspecified atom stereocenters. The van der Waals surface area contributed by atoms with Crippen LogP contribution in [0.3, 0.4) is 0 Å². The van der Waals surface area contributed by atoms with E-state index in [-0.39, 0.29) is 24.9 Å². The first-order valence-electron chi connectivity index (χ1n) is 10.6. The maximum absolute atomic E-state index is 12.9. The summed E-state index contributed by atoms with van der Waals surface area (Å²) in [5.74, 6) is -1.10. The number of carbonyl (C=O) groups is 2. The number of benzene rings is 2. The molecule has 10 nitrogen and oxygen atoms in total. The molecule has 1 heterocycles. The number of nitrogens with one attached hydrogen (secondary N) is 2. The molecular formula is C24H27N5O5. The van der Waals surface area contributed by atoms with E-state index in [4.69, 9.17) is 25.7 Å². The highest BCUT2D eigenvalue weighted by molar-refractivity contribution is 5.94. The molecule has 3 rings (SSSR count). The third-order valence-electron chi connectivity index (χ3n) is 4.93. The zero-order chi connectivity index (χ0) is 24.7. The van der Waals surface area contributed by atoms with Crippen molar-refractivity contribution in [2.24, 2.45) is 5.73 Å². The predicted molar refractivity (Wildman–Crippen MR) is 125 cm³/mol. The first-order chi connectivity index (χ1) is 16.3. The zero-order valence-electron chi connectivity index (χ0n) is 18.9. The molecule has 0 aliphatic carbocycles. The average Bonchev–Trinajstić information content (AvgIpc) is 3.20. The Bertz CT molecular complexity index is 1170. The molecule has 0 aliphatic heterocycles. The van der Waals surface area contributed by atoms with Crippen molar-refractivity contribution in [3.05, 3.63) is 71.4 Å². The van der Waals surface area contributed by atoms with Crippen LogP contribution in [0.2, 0.25) is 0 Å². The molecule has 3 aromatic rings. The number of nitrogens with zero attached hydrogens (tertiary/aromatic N) is 2. The van der Waals surface area contributed by atoms with Crippen molar-refractivity contribution in [2.45, 2.75) is 26.6 Å². The van der Waals surface area contributed by atoms with Crippen LogP contribution in [-0.4, -0.2) is 45.8 Å². The smallest absolute Gasteiger partial charge is 0.341 e. The summed E-state index contributed by atoms with van der Waals surface area (Å²) in [5.41, 5.74) is 8.85. The van der Waals surface area contributed by atoms with E-state index in [1.165, 1.54) is 4.68 Å². The minimum Gasteiger partial charge on any atom is -0.481 e. The molecule has 178 valence electrons. The lowest BCUT2D eigenvalue weighted by Crippen LogP contribution is -2.34. The highest BCUT2D eigenvalue weighted by atomic mass is 16.5. The van der Waals surface area contributed by atoms with Gasteiger partial charge in [-0.1, -0.05) is 36.4 Å². The van der Waals surface area contributed by atoms with Gasteiger partial charge in [0.25, 0.3) is 5.91 Å². The summed E-state index contributed by atoms with van der Waals surface area (Å²) in [6.07, 6.45) is 0.700. The largest absolute Gasteiger partial charge is 0.481 e. The third kappa shape index (κ3) is 5.99. The third-order valence-corrected chi connectivity index (χ3v) is 4.93. The van der Waals surface area contributed by atoms with E-state index in [0.717, 1.165) is 11.1 Å². The zero-order valence-corrected chi connectivity index (χ0v) is 18.9. The topological polar surface area (TPSA) is 153 Å². The lowest BCUT2D eigenvalue weighted by Gasteiger charge is -2.17. The van der Waals surface area contributed by atoms with Gasteiger partial charge in [0.1, 0.15) is 11.6 Å². The fourth-order valence-corrected chi connectivity index (χ4v) is 3.31. The minimum absolute atomic E-state index is 0.0215. The predicted octanol–water partition coefficient (Wildman–Crippen LogP) is 2.46. The Morgan fingerprint density at radius 1 is 1.21 bits per heavy atom. The normalized spacial score (nSPS) is 11.6. The summed E-state index contributed by atoms with van der Waals surface area (Å²) in [5, 5.41) is 23.8. The van der Waals surface area contributed by atoms with Gasteiger partial charge in [-0.2, -0.15) is 5.10 Å². The molecule has 0 spiro atoms. The maximum atomic E-state index is 12.9. The number of amidine groups is 1. The van der Waals surface area contributed by atoms with E-state index < -0.39 is 18.8 Å². The number of carbonyl (C=O) groups excluding carboxylic acids is 1. The molecular weight excluding hydrogens is 438 g/mol. The Morgan fingerprint density at radius 2 is 1.91 bits per heavy atom. The second-order valence-electron chi connectivity index (χ2n) is 7.46. The van der Waals surface area contributed by atoms with Crippen molar-refractivity contribution in [3.8, 4) is 17.0 Å². The van der Waals surface area contributed by atoms with Gasteiger partial charge in [0.2, 0.25) is 6.23 Å². The van der Waals surface area contributed by atoms with Crippen molar-refractivity contribution in [1.82, 2.24) is 15.1 Å². The molecule has 1 amide bonds. The van der Waals surface area contributed by atoms with Crippen LogP contribution in [0.25, 0.3) is 11.3 Å². The van der Waals surface area contributed by atoms with Crippen LogP contribution in [0.5, 0.6) is 5.75 Å².